The molecule has 0 atom stereocenters. The van der Waals surface area contributed by atoms with Crippen LogP contribution in [0.2, 0.25) is 5.02 Å². The fourth-order valence-corrected chi connectivity index (χ4v) is 1.75. The molecule has 0 aliphatic rings. The van der Waals surface area contributed by atoms with Crippen LogP contribution in [0.1, 0.15) is 5.56 Å². The third kappa shape index (κ3) is 2.64. The van der Waals surface area contributed by atoms with E-state index in [1.165, 1.54) is 18.2 Å². The van der Waals surface area contributed by atoms with Gasteiger partial charge in [0.25, 0.3) is 0 Å². The summed E-state index contributed by atoms with van der Waals surface area (Å²) in [4.78, 5) is 10.0. The van der Waals surface area contributed by atoms with Crippen LogP contribution in [-0.4, -0.2) is 6.29 Å². The van der Waals surface area contributed by atoms with Gasteiger partial charge in [-0.15, -0.1) is 0 Å². The molecule has 0 N–H and O–H groups in total. The van der Waals surface area contributed by atoms with Gasteiger partial charge in [-0.3, -0.25) is 4.79 Å². The lowest BCUT2D eigenvalue weighted by Gasteiger charge is -2.00. The van der Waals surface area contributed by atoms with Gasteiger partial charge in [-0.05, 0) is 24.3 Å². The average Bonchev–Trinajstić information content (AvgIpc) is 2.02. The van der Waals surface area contributed by atoms with Gasteiger partial charge in [0.2, 0.25) is 0 Å². The second kappa shape index (κ2) is 4.53. The van der Waals surface area contributed by atoms with Crippen molar-refractivity contribution in [3.8, 4) is 0 Å². The van der Waals surface area contributed by atoms with E-state index in [1.54, 1.807) is 6.07 Å². The number of benzene rings is 1. The lowest BCUT2D eigenvalue weighted by molar-refractivity contribution is -0.104. The molecule has 4 heteroatoms. The highest BCUT2D eigenvalue weighted by molar-refractivity contribution is 9.10. The van der Waals surface area contributed by atoms with Crippen LogP contribution in [-0.2, 0) is 4.79 Å². The average molecular weight is 263 g/mol. The van der Waals surface area contributed by atoms with Gasteiger partial charge in [-0.2, -0.15) is 0 Å². The summed E-state index contributed by atoms with van der Waals surface area (Å²) in [7, 11) is 0. The van der Waals surface area contributed by atoms with Crippen LogP contribution < -0.4 is 0 Å². The monoisotopic (exact) mass is 262 g/mol. The van der Waals surface area contributed by atoms with Gasteiger partial charge in [0.05, 0.1) is 0 Å². The van der Waals surface area contributed by atoms with Gasteiger partial charge < -0.3 is 0 Å². The number of rotatable bonds is 2. The largest absolute Gasteiger partial charge is 0.299 e. The molecule has 13 heavy (non-hydrogen) atoms. The minimum atomic E-state index is -0.461. The first kappa shape index (κ1) is 10.4. The Labute approximate surface area is 88.3 Å². The predicted octanol–water partition coefficient (Wildman–Crippen LogP) is 3.45. The van der Waals surface area contributed by atoms with Crippen molar-refractivity contribution in [1.82, 2.24) is 0 Å². The standard InChI is InChI=1S/C9H5BrClFO/c10-8-4-6(11)5-9(12)7(8)2-1-3-13/h1-5H. The summed E-state index contributed by atoms with van der Waals surface area (Å²) < 4.78 is 13.7. The van der Waals surface area contributed by atoms with Crippen LogP contribution in [0.4, 0.5) is 4.39 Å². The Bertz CT molecular complexity index is 340. The van der Waals surface area contributed by atoms with Crippen LogP contribution in [0, 0.1) is 5.82 Å². The molecule has 0 bridgehead atoms. The maximum absolute atomic E-state index is 13.2. The molecule has 0 saturated carbocycles. The Morgan fingerprint density at radius 2 is 2.15 bits per heavy atom. The van der Waals surface area contributed by atoms with Crippen LogP contribution >= 0.6 is 27.5 Å². The highest BCUT2D eigenvalue weighted by Crippen LogP contribution is 2.25. The molecule has 1 rings (SSSR count). The molecule has 0 spiro atoms. The van der Waals surface area contributed by atoms with E-state index in [1.807, 2.05) is 0 Å². The topological polar surface area (TPSA) is 17.1 Å². The summed E-state index contributed by atoms with van der Waals surface area (Å²) in [5.41, 5.74) is 0.316. The van der Waals surface area contributed by atoms with Gasteiger partial charge in [0.15, 0.2) is 0 Å². The zero-order chi connectivity index (χ0) is 9.84. The quantitative estimate of drug-likeness (QED) is 0.590. The summed E-state index contributed by atoms with van der Waals surface area (Å²) in [5.74, 6) is -0.461. The third-order valence-corrected chi connectivity index (χ3v) is 2.26. The van der Waals surface area contributed by atoms with Crippen molar-refractivity contribution >= 4 is 39.9 Å². The van der Waals surface area contributed by atoms with E-state index >= 15 is 0 Å². The summed E-state index contributed by atoms with van der Waals surface area (Å²) in [5, 5.41) is 0.313. The van der Waals surface area contributed by atoms with Crippen molar-refractivity contribution in [2.75, 3.05) is 0 Å². The normalized spacial score (nSPS) is 10.7. The first-order valence-electron chi connectivity index (χ1n) is 3.41. The number of carbonyl (C=O) groups excluding carboxylic acids is 1. The zero-order valence-corrected chi connectivity index (χ0v) is 8.77. The Morgan fingerprint density at radius 3 is 2.69 bits per heavy atom. The summed E-state index contributed by atoms with van der Waals surface area (Å²) in [6.07, 6.45) is 3.18. The molecule has 0 aromatic heterocycles. The van der Waals surface area contributed by atoms with Gasteiger partial charge in [-0.1, -0.05) is 27.5 Å². The van der Waals surface area contributed by atoms with Crippen LogP contribution in [0.3, 0.4) is 0 Å². The Balaban J connectivity index is 3.20. The van der Waals surface area contributed by atoms with E-state index in [4.69, 9.17) is 11.6 Å². The van der Waals surface area contributed by atoms with Crippen molar-refractivity contribution in [3.63, 3.8) is 0 Å². The zero-order valence-electron chi connectivity index (χ0n) is 6.43. The van der Waals surface area contributed by atoms with Gasteiger partial charge in [0.1, 0.15) is 12.1 Å². The molecule has 0 heterocycles. The number of aldehydes is 1. The number of hydrogen-bond donors (Lipinski definition) is 0. The molecule has 0 unspecified atom stereocenters. The lowest BCUT2D eigenvalue weighted by Crippen LogP contribution is -1.84. The molecule has 1 aromatic rings. The fourth-order valence-electron chi connectivity index (χ4n) is 0.848. The molecule has 1 aromatic carbocycles. The Morgan fingerprint density at radius 1 is 1.46 bits per heavy atom. The van der Waals surface area contributed by atoms with Crippen molar-refractivity contribution in [2.45, 2.75) is 0 Å². The van der Waals surface area contributed by atoms with Gasteiger partial charge >= 0.3 is 0 Å². The first-order valence-corrected chi connectivity index (χ1v) is 4.58. The second-order valence-electron chi connectivity index (χ2n) is 2.28. The third-order valence-electron chi connectivity index (χ3n) is 1.39. The van der Waals surface area contributed by atoms with Crippen molar-refractivity contribution < 1.29 is 9.18 Å². The summed E-state index contributed by atoms with van der Waals surface area (Å²) >= 11 is 8.73. The van der Waals surface area contributed by atoms with Crippen molar-refractivity contribution in [1.29, 1.82) is 0 Å². The van der Waals surface area contributed by atoms with Gasteiger partial charge in [-0.25, -0.2) is 4.39 Å². The van der Waals surface area contributed by atoms with Crippen molar-refractivity contribution in [2.24, 2.45) is 0 Å². The van der Waals surface area contributed by atoms with Crippen LogP contribution in [0.25, 0.3) is 6.08 Å². The minimum absolute atomic E-state index is 0.313. The number of allylic oxidation sites excluding steroid dienone is 1. The molecule has 0 aliphatic carbocycles. The van der Waals surface area contributed by atoms with Gasteiger partial charge in [0, 0.05) is 15.1 Å². The maximum Gasteiger partial charge on any atom is 0.142 e. The maximum atomic E-state index is 13.2. The number of hydrogen-bond acceptors (Lipinski definition) is 1. The molecule has 0 aliphatic heterocycles. The smallest absolute Gasteiger partial charge is 0.142 e. The molecular weight excluding hydrogens is 258 g/mol. The molecule has 0 fully saturated rings. The van der Waals surface area contributed by atoms with E-state index in [0.29, 0.717) is 21.3 Å². The van der Waals surface area contributed by atoms with E-state index in [0.717, 1.165) is 0 Å². The fraction of sp³-hybridized carbons (Fsp3) is 0. The molecule has 68 valence electrons. The Hall–Kier alpha value is -0.670. The summed E-state index contributed by atoms with van der Waals surface area (Å²) in [6, 6.07) is 2.76. The molecule has 0 amide bonds. The van der Waals surface area contributed by atoms with E-state index in [-0.39, 0.29) is 0 Å². The van der Waals surface area contributed by atoms with E-state index in [2.05, 4.69) is 15.9 Å². The highest BCUT2D eigenvalue weighted by Gasteiger charge is 2.04. The van der Waals surface area contributed by atoms with Crippen LogP contribution in [0.5, 0.6) is 0 Å². The van der Waals surface area contributed by atoms with Crippen LogP contribution in [0.15, 0.2) is 22.7 Å². The molecule has 1 nitrogen and oxygen atoms in total. The highest BCUT2D eigenvalue weighted by atomic mass is 79.9. The molecular formula is C9H5BrClFO. The summed E-state index contributed by atoms with van der Waals surface area (Å²) in [6.45, 7) is 0. The molecule has 0 radical (unpaired) electrons. The minimum Gasteiger partial charge on any atom is -0.299 e. The first-order chi connectivity index (χ1) is 6.15. The van der Waals surface area contributed by atoms with E-state index in [9.17, 15) is 9.18 Å². The second-order valence-corrected chi connectivity index (χ2v) is 3.57. The number of carbonyl (C=O) groups is 1. The van der Waals surface area contributed by atoms with E-state index < -0.39 is 5.82 Å². The Kier molecular flexibility index (Phi) is 3.63. The predicted molar refractivity (Wildman–Crippen MR) is 54.2 cm³/mol. The SMILES string of the molecule is O=CC=Cc1c(F)cc(Cl)cc1Br. The molecule has 0 saturated heterocycles. The van der Waals surface area contributed by atoms with Crippen molar-refractivity contribution in [3.05, 3.63) is 39.1 Å². The number of halogens is 3. The lowest BCUT2D eigenvalue weighted by atomic mass is 10.2.